The second kappa shape index (κ2) is 6.79. The molecule has 0 bridgehead atoms. The lowest BCUT2D eigenvalue weighted by atomic mass is 10.4. The third-order valence-corrected chi connectivity index (χ3v) is 4.18. The molecule has 0 aliphatic rings. The van der Waals surface area contributed by atoms with E-state index in [2.05, 4.69) is 39.7 Å². The smallest absolute Gasteiger partial charge is 0.147 e. The lowest BCUT2D eigenvalue weighted by Crippen LogP contribution is -2.03. The van der Waals surface area contributed by atoms with Gasteiger partial charge in [0.2, 0.25) is 0 Å². The summed E-state index contributed by atoms with van der Waals surface area (Å²) in [4.78, 5) is 8.63. The zero-order valence-corrected chi connectivity index (χ0v) is 12.6. The molecule has 0 atom stereocenters. The highest BCUT2D eigenvalue weighted by molar-refractivity contribution is 9.10. The van der Waals surface area contributed by atoms with Crippen LogP contribution in [0.4, 0.5) is 0 Å². The first-order valence-corrected chi connectivity index (χ1v) is 7.08. The van der Waals surface area contributed by atoms with Crippen LogP contribution in [0.2, 0.25) is 5.15 Å². The molecule has 0 aromatic carbocycles. The van der Waals surface area contributed by atoms with E-state index in [9.17, 15) is 0 Å². The summed E-state index contributed by atoms with van der Waals surface area (Å²) in [7, 11) is 1.63. The molecule has 0 radical (unpaired) electrons. The van der Waals surface area contributed by atoms with Gasteiger partial charge in [-0.3, -0.25) is 0 Å². The van der Waals surface area contributed by atoms with Gasteiger partial charge >= 0.3 is 0 Å². The second-order valence-electron chi connectivity index (χ2n) is 3.48. The van der Waals surface area contributed by atoms with Gasteiger partial charge in [-0.15, -0.1) is 0 Å². The molecule has 0 amide bonds. The molecule has 1 heterocycles. The van der Waals surface area contributed by atoms with Gasteiger partial charge in [0.15, 0.2) is 0 Å². The number of nitrogens with zero attached hydrogens (tertiary/aromatic N) is 2. The summed E-state index contributed by atoms with van der Waals surface area (Å²) in [5.41, 5.74) is 0.793. The Hall–Kier alpha value is 0.160. The van der Waals surface area contributed by atoms with E-state index in [1.807, 2.05) is 0 Å². The van der Waals surface area contributed by atoms with E-state index >= 15 is 0 Å². The van der Waals surface area contributed by atoms with Crippen molar-refractivity contribution < 1.29 is 4.74 Å². The van der Waals surface area contributed by atoms with Crippen molar-refractivity contribution in [1.82, 2.24) is 9.97 Å². The molecule has 0 aliphatic carbocycles. The van der Waals surface area contributed by atoms with Crippen LogP contribution >= 0.6 is 39.3 Å². The van der Waals surface area contributed by atoms with Gasteiger partial charge in [-0.2, -0.15) is 11.8 Å². The Morgan fingerprint density at radius 2 is 2.12 bits per heavy atom. The van der Waals surface area contributed by atoms with Crippen molar-refractivity contribution in [1.29, 1.82) is 0 Å². The van der Waals surface area contributed by atoms with Gasteiger partial charge in [0.25, 0.3) is 0 Å². The number of hydrogen-bond donors (Lipinski definition) is 0. The minimum absolute atomic E-state index is 0.433. The average Bonchev–Trinajstić information content (AvgIpc) is 2.22. The Morgan fingerprint density at radius 1 is 1.44 bits per heavy atom. The molecular weight excluding hydrogens is 312 g/mol. The van der Waals surface area contributed by atoms with Crippen LogP contribution in [0.3, 0.4) is 0 Å². The van der Waals surface area contributed by atoms with Crippen LogP contribution in [0.5, 0.6) is 0 Å². The molecule has 3 nitrogen and oxygen atoms in total. The molecule has 0 fully saturated rings. The van der Waals surface area contributed by atoms with Crippen molar-refractivity contribution in [2.45, 2.75) is 31.5 Å². The molecule has 0 spiro atoms. The van der Waals surface area contributed by atoms with Crippen molar-refractivity contribution in [2.24, 2.45) is 0 Å². The van der Waals surface area contributed by atoms with Gasteiger partial charge in [-0.25, -0.2) is 9.97 Å². The van der Waals surface area contributed by atoms with Crippen molar-refractivity contribution in [3.05, 3.63) is 21.1 Å². The molecule has 1 rings (SSSR count). The quantitative estimate of drug-likeness (QED) is 0.774. The molecule has 0 N–H and O–H groups in total. The van der Waals surface area contributed by atoms with E-state index in [4.69, 9.17) is 16.3 Å². The van der Waals surface area contributed by atoms with Gasteiger partial charge in [0, 0.05) is 7.11 Å². The number of ether oxygens (including phenoxy) is 1. The summed E-state index contributed by atoms with van der Waals surface area (Å²) in [6.45, 7) is 4.71. The maximum Gasteiger partial charge on any atom is 0.147 e. The molecule has 0 saturated heterocycles. The second-order valence-corrected chi connectivity index (χ2v) is 6.20. The zero-order valence-electron chi connectivity index (χ0n) is 9.46. The van der Waals surface area contributed by atoms with E-state index < -0.39 is 0 Å². The molecule has 0 saturated carbocycles. The van der Waals surface area contributed by atoms with Crippen molar-refractivity contribution >= 4 is 39.3 Å². The zero-order chi connectivity index (χ0) is 12.1. The number of methoxy groups -OCH3 is 1. The van der Waals surface area contributed by atoms with Crippen molar-refractivity contribution in [3.63, 3.8) is 0 Å². The lowest BCUT2D eigenvalue weighted by Gasteiger charge is -2.08. The number of hydrogen-bond acceptors (Lipinski definition) is 4. The summed E-state index contributed by atoms with van der Waals surface area (Å²) >= 11 is 11.1. The van der Waals surface area contributed by atoms with Crippen LogP contribution < -0.4 is 0 Å². The average molecular weight is 326 g/mol. The Bertz CT molecular complexity index is 363. The number of aromatic nitrogens is 2. The Labute approximate surface area is 113 Å². The first-order valence-electron chi connectivity index (χ1n) is 4.86. The molecule has 1 aromatic rings. The summed E-state index contributed by atoms with van der Waals surface area (Å²) in [6, 6.07) is 0. The Kier molecular flexibility index (Phi) is 6.03. The number of rotatable bonds is 5. The number of halogens is 2. The predicted octanol–water partition coefficient (Wildman–Crippen LogP) is 3.68. The number of thioether (sulfide) groups is 1. The first kappa shape index (κ1) is 14.2. The van der Waals surface area contributed by atoms with Crippen LogP contribution in [-0.2, 0) is 17.1 Å². The third-order valence-electron chi connectivity index (χ3n) is 1.75. The minimum Gasteiger partial charge on any atom is -0.378 e. The third kappa shape index (κ3) is 4.20. The van der Waals surface area contributed by atoms with Gasteiger partial charge < -0.3 is 4.74 Å². The largest absolute Gasteiger partial charge is 0.378 e. The van der Waals surface area contributed by atoms with E-state index in [1.165, 1.54) is 0 Å². The van der Waals surface area contributed by atoms with E-state index in [1.54, 1.807) is 18.9 Å². The summed E-state index contributed by atoms with van der Waals surface area (Å²) in [5, 5.41) is 0.998. The Morgan fingerprint density at radius 3 is 2.69 bits per heavy atom. The summed E-state index contributed by atoms with van der Waals surface area (Å²) in [5.74, 6) is 1.51. The van der Waals surface area contributed by atoms with Crippen LogP contribution in [-0.4, -0.2) is 22.3 Å². The molecule has 90 valence electrons. The topological polar surface area (TPSA) is 35.0 Å². The van der Waals surface area contributed by atoms with Gasteiger partial charge in [-0.1, -0.05) is 25.4 Å². The maximum absolute atomic E-state index is 6.01. The fourth-order valence-electron chi connectivity index (χ4n) is 1.05. The standard InChI is InChI=1S/C10H14BrClN2OS/c1-6(2)16-5-8-13-7(4-15-3)9(11)10(12)14-8/h6H,4-5H2,1-3H3. The SMILES string of the molecule is COCc1nc(CSC(C)C)nc(Cl)c1Br. The molecule has 0 unspecified atom stereocenters. The maximum atomic E-state index is 6.01. The summed E-state index contributed by atoms with van der Waals surface area (Å²) in [6.07, 6.45) is 0. The fraction of sp³-hybridized carbons (Fsp3) is 0.600. The normalized spacial score (nSPS) is 11.1. The van der Waals surface area contributed by atoms with E-state index in [-0.39, 0.29) is 0 Å². The fourth-order valence-corrected chi connectivity index (χ4v) is 2.16. The van der Waals surface area contributed by atoms with Crippen LogP contribution in [0.1, 0.15) is 25.4 Å². The van der Waals surface area contributed by atoms with Crippen molar-refractivity contribution in [2.75, 3.05) is 7.11 Å². The van der Waals surface area contributed by atoms with E-state index in [0.717, 1.165) is 17.3 Å². The highest BCUT2D eigenvalue weighted by atomic mass is 79.9. The molecular formula is C10H14BrClN2OS. The van der Waals surface area contributed by atoms with Crippen LogP contribution in [0.25, 0.3) is 0 Å². The highest BCUT2D eigenvalue weighted by Crippen LogP contribution is 2.25. The van der Waals surface area contributed by atoms with Gasteiger partial charge in [0.1, 0.15) is 11.0 Å². The van der Waals surface area contributed by atoms with Gasteiger partial charge in [-0.05, 0) is 21.2 Å². The van der Waals surface area contributed by atoms with Crippen LogP contribution in [0, 0.1) is 0 Å². The highest BCUT2D eigenvalue weighted by Gasteiger charge is 2.11. The molecule has 6 heteroatoms. The van der Waals surface area contributed by atoms with Crippen LogP contribution in [0.15, 0.2) is 4.47 Å². The monoisotopic (exact) mass is 324 g/mol. The lowest BCUT2D eigenvalue weighted by molar-refractivity contribution is 0.180. The molecule has 16 heavy (non-hydrogen) atoms. The van der Waals surface area contributed by atoms with E-state index in [0.29, 0.717) is 21.5 Å². The van der Waals surface area contributed by atoms with Crippen molar-refractivity contribution in [3.8, 4) is 0 Å². The van der Waals surface area contributed by atoms with Gasteiger partial charge in [0.05, 0.1) is 22.5 Å². The minimum atomic E-state index is 0.433. The molecule has 0 aliphatic heterocycles. The summed E-state index contributed by atoms with van der Waals surface area (Å²) < 4.78 is 5.78. The molecule has 1 aromatic heterocycles. The first-order chi connectivity index (χ1) is 7.54. The predicted molar refractivity (Wildman–Crippen MR) is 71.9 cm³/mol. The Balaban J connectivity index is 2.86.